The van der Waals surface area contributed by atoms with Gasteiger partial charge in [0, 0.05) is 37.3 Å². The second-order valence-electron chi connectivity index (χ2n) is 4.67. The van der Waals surface area contributed by atoms with Gasteiger partial charge in [-0.15, -0.1) is 0 Å². The minimum absolute atomic E-state index is 0.0274. The number of hydrogen-bond donors (Lipinski definition) is 0. The number of benzene rings is 1. The Kier molecular flexibility index (Phi) is 4.08. The van der Waals surface area contributed by atoms with E-state index in [0.717, 1.165) is 17.3 Å². The van der Waals surface area contributed by atoms with E-state index in [9.17, 15) is 19.7 Å². The molecular formula is C13H14N2O4S. The molecular weight excluding hydrogens is 280 g/mol. The first-order valence-corrected chi connectivity index (χ1v) is 6.99. The fourth-order valence-corrected chi connectivity index (χ4v) is 3.14. The van der Waals surface area contributed by atoms with Gasteiger partial charge >= 0.3 is 0 Å². The quantitative estimate of drug-likeness (QED) is 0.631. The third-order valence-electron chi connectivity index (χ3n) is 3.12. The molecule has 0 saturated carbocycles. The minimum atomic E-state index is -0.481. The molecule has 1 amide bonds. The number of carbonyl (C=O) groups excluding carboxylic acids is 2. The third-order valence-corrected chi connectivity index (χ3v) is 4.10. The molecule has 1 heterocycles. The molecule has 20 heavy (non-hydrogen) atoms. The molecule has 6 nitrogen and oxygen atoms in total. The standard InChI is InChI=1S/C13H14N2O4S/c1-8-3-4-10(15(18)19)5-12(8)14-7-11(6-13(14)17)20-9(2)16/h3-5,11H,6-7H2,1-2H3. The number of amides is 1. The summed E-state index contributed by atoms with van der Waals surface area (Å²) in [5, 5.41) is 10.7. The Morgan fingerprint density at radius 1 is 1.50 bits per heavy atom. The van der Waals surface area contributed by atoms with Gasteiger partial charge in [-0.3, -0.25) is 19.7 Å². The van der Waals surface area contributed by atoms with Crippen LogP contribution < -0.4 is 4.90 Å². The number of nitro benzene ring substituents is 1. The van der Waals surface area contributed by atoms with Crippen molar-refractivity contribution < 1.29 is 14.5 Å². The second kappa shape index (κ2) is 5.62. The normalized spacial score (nSPS) is 18.4. The molecule has 1 aliphatic rings. The van der Waals surface area contributed by atoms with Gasteiger partial charge in [0.2, 0.25) is 5.91 Å². The van der Waals surface area contributed by atoms with E-state index in [0.29, 0.717) is 12.2 Å². The van der Waals surface area contributed by atoms with Crippen molar-refractivity contribution in [2.75, 3.05) is 11.4 Å². The summed E-state index contributed by atoms with van der Waals surface area (Å²) in [6.07, 6.45) is 0.284. The molecule has 1 saturated heterocycles. The van der Waals surface area contributed by atoms with Crippen LogP contribution in [0.3, 0.4) is 0 Å². The van der Waals surface area contributed by atoms with Crippen LogP contribution in [0.1, 0.15) is 18.9 Å². The van der Waals surface area contributed by atoms with Crippen LogP contribution in [0.5, 0.6) is 0 Å². The highest BCUT2D eigenvalue weighted by atomic mass is 32.2. The summed E-state index contributed by atoms with van der Waals surface area (Å²) in [4.78, 5) is 35.0. The molecule has 0 aromatic heterocycles. The molecule has 1 fully saturated rings. The number of nitrogens with zero attached hydrogens (tertiary/aromatic N) is 2. The van der Waals surface area contributed by atoms with Gasteiger partial charge in [-0.2, -0.15) is 0 Å². The number of aryl methyl sites for hydroxylation is 1. The molecule has 1 aromatic rings. The van der Waals surface area contributed by atoms with Crippen molar-refractivity contribution >= 4 is 34.2 Å². The fraction of sp³-hybridized carbons (Fsp3) is 0.385. The number of carbonyl (C=O) groups is 2. The predicted molar refractivity (Wildman–Crippen MR) is 76.9 cm³/mol. The Labute approximate surface area is 120 Å². The Morgan fingerprint density at radius 3 is 2.80 bits per heavy atom. The smallest absolute Gasteiger partial charge is 0.271 e. The van der Waals surface area contributed by atoms with E-state index in [1.54, 1.807) is 13.0 Å². The van der Waals surface area contributed by atoms with Crippen LogP contribution in [0.4, 0.5) is 11.4 Å². The van der Waals surface area contributed by atoms with Crippen molar-refractivity contribution in [2.24, 2.45) is 0 Å². The first kappa shape index (κ1) is 14.5. The van der Waals surface area contributed by atoms with Crippen LogP contribution in [0.25, 0.3) is 0 Å². The molecule has 0 radical (unpaired) electrons. The van der Waals surface area contributed by atoms with E-state index < -0.39 is 4.92 Å². The maximum Gasteiger partial charge on any atom is 0.271 e. The van der Waals surface area contributed by atoms with E-state index in [1.807, 2.05) is 0 Å². The highest BCUT2D eigenvalue weighted by molar-refractivity contribution is 8.14. The number of non-ortho nitro benzene ring substituents is 1. The minimum Gasteiger partial charge on any atom is -0.311 e. The fourth-order valence-electron chi connectivity index (χ4n) is 2.22. The monoisotopic (exact) mass is 294 g/mol. The lowest BCUT2D eigenvalue weighted by molar-refractivity contribution is -0.384. The number of nitro groups is 1. The topological polar surface area (TPSA) is 80.5 Å². The first-order valence-electron chi connectivity index (χ1n) is 6.11. The van der Waals surface area contributed by atoms with Gasteiger partial charge in [-0.1, -0.05) is 17.8 Å². The zero-order valence-corrected chi connectivity index (χ0v) is 12.0. The molecule has 0 N–H and O–H groups in total. The zero-order chi connectivity index (χ0) is 14.9. The van der Waals surface area contributed by atoms with Gasteiger partial charge in [-0.05, 0) is 12.5 Å². The number of rotatable bonds is 3. The number of hydrogen-bond acceptors (Lipinski definition) is 5. The highest BCUT2D eigenvalue weighted by Gasteiger charge is 2.33. The van der Waals surface area contributed by atoms with Crippen LogP contribution in [0.2, 0.25) is 0 Å². The number of thioether (sulfide) groups is 1. The summed E-state index contributed by atoms with van der Waals surface area (Å²) in [6.45, 7) is 3.68. The summed E-state index contributed by atoms with van der Waals surface area (Å²) >= 11 is 1.15. The lowest BCUT2D eigenvalue weighted by Crippen LogP contribution is -2.25. The lowest BCUT2D eigenvalue weighted by atomic mass is 10.1. The molecule has 1 unspecified atom stereocenters. The Bertz CT molecular complexity index is 588. The van der Waals surface area contributed by atoms with Gasteiger partial charge in [0.15, 0.2) is 5.12 Å². The van der Waals surface area contributed by atoms with Crippen molar-refractivity contribution in [3.63, 3.8) is 0 Å². The summed E-state index contributed by atoms with van der Waals surface area (Å²) in [6, 6.07) is 4.46. The summed E-state index contributed by atoms with van der Waals surface area (Å²) < 4.78 is 0. The van der Waals surface area contributed by atoms with Crippen molar-refractivity contribution in [1.29, 1.82) is 0 Å². The molecule has 0 aliphatic carbocycles. The maximum atomic E-state index is 12.0. The lowest BCUT2D eigenvalue weighted by Gasteiger charge is -2.18. The van der Waals surface area contributed by atoms with Gasteiger partial charge in [0.1, 0.15) is 0 Å². The summed E-state index contributed by atoms with van der Waals surface area (Å²) in [7, 11) is 0. The SMILES string of the molecule is CC(=O)SC1CC(=O)N(c2cc([N+](=O)[O-])ccc2C)C1. The summed E-state index contributed by atoms with van der Waals surface area (Å²) in [5.41, 5.74) is 1.31. The second-order valence-corrected chi connectivity index (χ2v) is 6.15. The summed E-state index contributed by atoms with van der Waals surface area (Å²) in [5.74, 6) is -0.104. The molecule has 1 atom stereocenters. The molecule has 1 aromatic carbocycles. The van der Waals surface area contributed by atoms with E-state index in [1.165, 1.54) is 24.0 Å². The molecule has 0 spiro atoms. The molecule has 7 heteroatoms. The molecule has 106 valence electrons. The van der Waals surface area contributed by atoms with E-state index in [4.69, 9.17) is 0 Å². The third kappa shape index (κ3) is 2.98. The van der Waals surface area contributed by atoms with Gasteiger partial charge < -0.3 is 4.90 Å². The molecule has 0 bridgehead atoms. The van der Waals surface area contributed by atoms with Gasteiger partial charge in [0.05, 0.1) is 10.6 Å². The first-order chi connectivity index (χ1) is 9.38. The van der Waals surface area contributed by atoms with Gasteiger partial charge in [0.25, 0.3) is 5.69 Å². The van der Waals surface area contributed by atoms with Crippen molar-refractivity contribution in [2.45, 2.75) is 25.5 Å². The highest BCUT2D eigenvalue weighted by Crippen LogP contribution is 2.32. The van der Waals surface area contributed by atoms with E-state index in [2.05, 4.69) is 0 Å². The van der Waals surface area contributed by atoms with Crippen LogP contribution >= 0.6 is 11.8 Å². The van der Waals surface area contributed by atoms with Crippen LogP contribution in [-0.2, 0) is 9.59 Å². The number of anilines is 1. The van der Waals surface area contributed by atoms with Crippen molar-refractivity contribution in [1.82, 2.24) is 0 Å². The Morgan fingerprint density at radius 2 is 2.20 bits per heavy atom. The average molecular weight is 294 g/mol. The van der Waals surface area contributed by atoms with Crippen molar-refractivity contribution in [3.05, 3.63) is 33.9 Å². The average Bonchev–Trinajstić information content (AvgIpc) is 2.69. The Hall–Kier alpha value is -1.89. The van der Waals surface area contributed by atoms with Gasteiger partial charge in [-0.25, -0.2) is 0 Å². The predicted octanol–water partition coefficient (Wildman–Crippen LogP) is 2.29. The van der Waals surface area contributed by atoms with Crippen molar-refractivity contribution in [3.8, 4) is 0 Å². The van der Waals surface area contributed by atoms with E-state index >= 15 is 0 Å². The van der Waals surface area contributed by atoms with Crippen LogP contribution in [-0.4, -0.2) is 27.7 Å². The van der Waals surface area contributed by atoms with Crippen LogP contribution in [0, 0.1) is 17.0 Å². The molecule has 2 rings (SSSR count). The Balaban J connectivity index is 2.27. The zero-order valence-electron chi connectivity index (χ0n) is 11.2. The van der Waals surface area contributed by atoms with E-state index in [-0.39, 0.29) is 28.4 Å². The van der Waals surface area contributed by atoms with Crippen LogP contribution in [0.15, 0.2) is 18.2 Å². The largest absolute Gasteiger partial charge is 0.311 e. The maximum absolute atomic E-state index is 12.0. The molecule has 1 aliphatic heterocycles.